The van der Waals surface area contributed by atoms with E-state index in [0.29, 0.717) is 44.6 Å². The lowest BCUT2D eigenvalue weighted by molar-refractivity contribution is -0.124. The molecule has 140 valence electrons. The molecule has 2 aliphatic rings. The molecule has 0 spiro atoms. The lowest BCUT2D eigenvalue weighted by Gasteiger charge is -2.19. The quantitative estimate of drug-likeness (QED) is 0.628. The topological polar surface area (TPSA) is 64.6 Å². The Labute approximate surface area is 156 Å². The highest BCUT2D eigenvalue weighted by atomic mass is 19.1. The summed E-state index contributed by atoms with van der Waals surface area (Å²) in [6.45, 7) is 1.50. The zero-order valence-electron chi connectivity index (χ0n) is 14.8. The summed E-state index contributed by atoms with van der Waals surface area (Å²) in [4.78, 5) is 25.2. The van der Waals surface area contributed by atoms with Crippen LogP contribution in [0.4, 0.5) is 4.39 Å². The standard InChI is InChI=1S/C21H20FNO4/c22-16-4-2-15(3-5-16)19(24)21(8-9-21)20(25)23-10-7-14-1-6-17-18(13-14)27-12-11-26-17/h1-6,13H,7-12H2,(H,23,25). The average molecular weight is 369 g/mol. The van der Waals surface area contributed by atoms with Crippen molar-refractivity contribution in [2.24, 2.45) is 5.41 Å². The van der Waals surface area contributed by atoms with Crippen LogP contribution in [0.15, 0.2) is 42.5 Å². The fourth-order valence-corrected chi connectivity index (χ4v) is 3.29. The number of halogens is 1. The molecule has 1 amide bonds. The van der Waals surface area contributed by atoms with E-state index in [2.05, 4.69) is 5.32 Å². The molecular weight excluding hydrogens is 349 g/mol. The fraction of sp³-hybridized carbons (Fsp3) is 0.333. The van der Waals surface area contributed by atoms with E-state index in [0.717, 1.165) is 17.1 Å². The van der Waals surface area contributed by atoms with Crippen LogP contribution in [-0.4, -0.2) is 31.4 Å². The van der Waals surface area contributed by atoms with Gasteiger partial charge in [0.15, 0.2) is 17.3 Å². The van der Waals surface area contributed by atoms with E-state index in [1.807, 2.05) is 18.2 Å². The van der Waals surface area contributed by atoms with Crippen LogP contribution in [0.1, 0.15) is 28.8 Å². The number of carbonyl (C=O) groups excluding carboxylic acids is 2. The smallest absolute Gasteiger partial charge is 0.234 e. The van der Waals surface area contributed by atoms with Gasteiger partial charge in [0.05, 0.1) is 0 Å². The van der Waals surface area contributed by atoms with Gasteiger partial charge in [-0.25, -0.2) is 4.39 Å². The van der Waals surface area contributed by atoms with Crippen molar-refractivity contribution in [3.63, 3.8) is 0 Å². The van der Waals surface area contributed by atoms with Gasteiger partial charge in [0.2, 0.25) is 5.91 Å². The second-order valence-electron chi connectivity index (χ2n) is 6.90. The molecule has 1 heterocycles. The molecule has 0 radical (unpaired) electrons. The molecular formula is C21H20FNO4. The second kappa shape index (κ2) is 7.02. The molecule has 0 atom stereocenters. The molecule has 1 saturated carbocycles. The van der Waals surface area contributed by atoms with Crippen LogP contribution >= 0.6 is 0 Å². The second-order valence-corrected chi connectivity index (χ2v) is 6.90. The molecule has 0 aromatic heterocycles. The van der Waals surface area contributed by atoms with Gasteiger partial charge in [0.1, 0.15) is 24.4 Å². The Kier molecular flexibility index (Phi) is 4.56. The highest BCUT2D eigenvalue weighted by Crippen LogP contribution is 2.48. The van der Waals surface area contributed by atoms with Gasteiger partial charge in [0.25, 0.3) is 0 Å². The Morgan fingerprint density at radius 1 is 1.00 bits per heavy atom. The SMILES string of the molecule is O=C(NCCc1ccc2c(c1)OCCO2)C1(C(=O)c2ccc(F)cc2)CC1. The first-order valence-electron chi connectivity index (χ1n) is 9.06. The third kappa shape index (κ3) is 3.52. The number of nitrogens with one attached hydrogen (secondary N) is 1. The van der Waals surface area contributed by atoms with Gasteiger partial charge >= 0.3 is 0 Å². The van der Waals surface area contributed by atoms with Crippen molar-refractivity contribution in [2.45, 2.75) is 19.3 Å². The van der Waals surface area contributed by atoms with Crippen molar-refractivity contribution in [3.8, 4) is 11.5 Å². The summed E-state index contributed by atoms with van der Waals surface area (Å²) in [5.74, 6) is 0.556. The van der Waals surface area contributed by atoms with Gasteiger partial charge in [-0.15, -0.1) is 0 Å². The molecule has 1 N–H and O–H groups in total. The van der Waals surface area contributed by atoms with Gasteiger partial charge in [-0.2, -0.15) is 0 Å². The van der Waals surface area contributed by atoms with E-state index >= 15 is 0 Å². The number of ether oxygens (including phenoxy) is 2. The normalized spacial score (nSPS) is 16.5. The van der Waals surface area contributed by atoms with Crippen LogP contribution in [0.2, 0.25) is 0 Å². The molecule has 4 rings (SSSR count). The molecule has 27 heavy (non-hydrogen) atoms. The van der Waals surface area contributed by atoms with Gasteiger partial charge in [0, 0.05) is 12.1 Å². The third-order valence-corrected chi connectivity index (χ3v) is 5.03. The molecule has 1 aliphatic heterocycles. The Hall–Kier alpha value is -2.89. The number of carbonyl (C=O) groups is 2. The first kappa shape index (κ1) is 17.5. The number of hydrogen-bond acceptors (Lipinski definition) is 4. The first-order chi connectivity index (χ1) is 13.1. The van der Waals surface area contributed by atoms with Crippen molar-refractivity contribution >= 4 is 11.7 Å². The summed E-state index contributed by atoms with van der Waals surface area (Å²) in [6, 6.07) is 11.1. The summed E-state index contributed by atoms with van der Waals surface area (Å²) < 4.78 is 24.1. The largest absolute Gasteiger partial charge is 0.486 e. The number of hydrogen-bond donors (Lipinski definition) is 1. The van der Waals surface area contributed by atoms with E-state index in [9.17, 15) is 14.0 Å². The van der Waals surface area contributed by atoms with E-state index in [-0.39, 0.29) is 11.7 Å². The molecule has 0 unspecified atom stereocenters. The van der Waals surface area contributed by atoms with Crippen LogP contribution < -0.4 is 14.8 Å². The van der Waals surface area contributed by atoms with E-state index in [1.54, 1.807) is 0 Å². The number of ketones is 1. The number of Topliss-reactive ketones (excluding diaryl/α,β-unsaturated/α-hetero) is 1. The Bertz CT molecular complexity index is 874. The molecule has 1 aliphatic carbocycles. The summed E-state index contributed by atoms with van der Waals surface area (Å²) in [5.41, 5.74) is 0.398. The van der Waals surface area contributed by atoms with Gasteiger partial charge in [-0.3, -0.25) is 9.59 Å². The maximum atomic E-state index is 13.0. The van der Waals surface area contributed by atoms with Gasteiger partial charge < -0.3 is 14.8 Å². The number of fused-ring (bicyclic) bond motifs is 1. The molecule has 0 saturated heterocycles. The molecule has 0 bridgehead atoms. The monoisotopic (exact) mass is 369 g/mol. The summed E-state index contributed by atoms with van der Waals surface area (Å²) in [7, 11) is 0. The maximum Gasteiger partial charge on any atom is 0.234 e. The van der Waals surface area contributed by atoms with Crippen molar-refractivity contribution < 1.29 is 23.5 Å². The van der Waals surface area contributed by atoms with E-state index in [1.165, 1.54) is 24.3 Å². The third-order valence-electron chi connectivity index (χ3n) is 5.03. The fourth-order valence-electron chi connectivity index (χ4n) is 3.29. The Morgan fingerprint density at radius 2 is 1.70 bits per heavy atom. The van der Waals surface area contributed by atoms with Gasteiger partial charge in [-0.05, 0) is 61.2 Å². The molecule has 1 fully saturated rings. The number of benzene rings is 2. The zero-order chi connectivity index (χ0) is 18.9. The Morgan fingerprint density at radius 3 is 2.41 bits per heavy atom. The minimum Gasteiger partial charge on any atom is -0.486 e. The summed E-state index contributed by atoms with van der Waals surface area (Å²) in [5, 5.41) is 2.87. The first-order valence-corrected chi connectivity index (χ1v) is 9.06. The van der Waals surface area contributed by atoms with E-state index < -0.39 is 11.2 Å². The van der Waals surface area contributed by atoms with Crippen molar-refractivity contribution in [1.29, 1.82) is 0 Å². The highest BCUT2D eigenvalue weighted by Gasteiger charge is 2.56. The number of amides is 1. The maximum absolute atomic E-state index is 13.0. The number of rotatable bonds is 6. The Balaban J connectivity index is 1.35. The molecule has 6 heteroatoms. The highest BCUT2D eigenvalue weighted by molar-refractivity contribution is 6.16. The average Bonchev–Trinajstić information content (AvgIpc) is 3.50. The lowest BCUT2D eigenvalue weighted by atomic mass is 9.93. The van der Waals surface area contributed by atoms with Crippen molar-refractivity contribution in [3.05, 3.63) is 59.4 Å². The molecule has 2 aromatic rings. The zero-order valence-corrected chi connectivity index (χ0v) is 14.8. The van der Waals surface area contributed by atoms with Crippen molar-refractivity contribution in [2.75, 3.05) is 19.8 Å². The minimum atomic E-state index is -0.995. The van der Waals surface area contributed by atoms with Crippen LogP contribution in [0.5, 0.6) is 11.5 Å². The van der Waals surface area contributed by atoms with E-state index in [4.69, 9.17) is 9.47 Å². The van der Waals surface area contributed by atoms with Crippen LogP contribution in [0, 0.1) is 11.2 Å². The summed E-state index contributed by atoms with van der Waals surface area (Å²) >= 11 is 0. The van der Waals surface area contributed by atoms with Crippen molar-refractivity contribution in [1.82, 2.24) is 5.32 Å². The van der Waals surface area contributed by atoms with Crippen LogP contribution in [0.3, 0.4) is 0 Å². The predicted octanol–water partition coefficient (Wildman–Crippen LogP) is 2.92. The minimum absolute atomic E-state index is 0.237. The van der Waals surface area contributed by atoms with Crippen LogP contribution in [0.25, 0.3) is 0 Å². The van der Waals surface area contributed by atoms with Crippen LogP contribution in [-0.2, 0) is 11.2 Å². The summed E-state index contributed by atoms with van der Waals surface area (Å²) in [6.07, 6.45) is 1.68. The molecule has 2 aromatic carbocycles. The van der Waals surface area contributed by atoms with Gasteiger partial charge in [-0.1, -0.05) is 6.07 Å². The lowest BCUT2D eigenvalue weighted by Crippen LogP contribution is -2.38. The predicted molar refractivity (Wildman–Crippen MR) is 96.5 cm³/mol. The molecule has 5 nitrogen and oxygen atoms in total.